The topological polar surface area (TPSA) is 52.6 Å². The fourth-order valence-corrected chi connectivity index (χ4v) is 15.2. The lowest BCUT2D eigenvalue weighted by Gasteiger charge is -2.48. The lowest BCUT2D eigenvalue weighted by Crippen LogP contribution is -2.50. The average molecular weight is 403 g/mol. The van der Waals surface area contributed by atoms with Gasteiger partial charge in [0.25, 0.3) is 0 Å². The molecule has 28 heavy (non-hydrogen) atoms. The van der Waals surface area contributed by atoms with Crippen LogP contribution in [0.5, 0.6) is 5.75 Å². The minimum atomic E-state index is -1.85. The first-order chi connectivity index (χ1) is 13.1. The number of esters is 2. The zero-order chi connectivity index (χ0) is 20.9. The Morgan fingerprint density at radius 2 is 1.68 bits per heavy atom. The van der Waals surface area contributed by atoms with E-state index in [9.17, 15) is 9.59 Å². The Hall–Kier alpha value is -1.62. The molecule has 154 valence electrons. The first-order valence-electron chi connectivity index (χ1n) is 10.5. The molecule has 0 radical (unpaired) electrons. The average Bonchev–Trinajstić information content (AvgIpc) is 3.03. The highest BCUT2D eigenvalue weighted by molar-refractivity contribution is 6.84. The van der Waals surface area contributed by atoms with Crippen LogP contribution >= 0.6 is 0 Å². The molecular formula is C23H34O4Si. The maximum absolute atomic E-state index is 13.2. The molecule has 1 fully saturated rings. The minimum Gasteiger partial charge on any atom is -0.468 e. The van der Waals surface area contributed by atoms with Crippen molar-refractivity contribution in [2.24, 2.45) is 5.41 Å². The Morgan fingerprint density at radius 3 is 2.21 bits per heavy atom. The van der Waals surface area contributed by atoms with Crippen LogP contribution in [0, 0.1) is 5.41 Å². The Balaban J connectivity index is 2.19. The van der Waals surface area contributed by atoms with E-state index in [4.69, 9.17) is 9.47 Å². The SMILES string of the molecule is COC(=O)[C@]12C[C@@H]([Si](C(C)C)(C(C)C)C(C)C)C[C@H]1c1ccccc1OC2=O. The standard InChI is InChI=1S/C23H34O4Si/c1-14(2)28(15(3)4,16(5)6)17-12-19-18-10-8-9-11-20(18)27-22(25)23(19,13-17)21(24)26-7/h8-11,14-17,19H,12-13H2,1-7H3/t17-,19-,23-/m0/s1. The van der Waals surface area contributed by atoms with Gasteiger partial charge in [0, 0.05) is 5.92 Å². The number of carbonyl (C=O) groups is 2. The number of hydrogen-bond donors (Lipinski definition) is 0. The highest BCUT2D eigenvalue weighted by atomic mass is 28.3. The molecule has 4 nitrogen and oxygen atoms in total. The van der Waals surface area contributed by atoms with Crippen molar-refractivity contribution in [3.63, 3.8) is 0 Å². The Kier molecular flexibility index (Phi) is 5.52. The summed E-state index contributed by atoms with van der Waals surface area (Å²) in [5.41, 5.74) is 1.85. The molecule has 1 aromatic rings. The number of para-hydroxylation sites is 1. The molecule has 3 atom stereocenters. The second-order valence-corrected chi connectivity index (χ2v) is 15.8. The zero-order valence-electron chi connectivity index (χ0n) is 18.2. The quantitative estimate of drug-likeness (QED) is 0.275. The van der Waals surface area contributed by atoms with Gasteiger partial charge in [-0.3, -0.25) is 9.59 Å². The number of methoxy groups -OCH3 is 1. The molecule has 0 bridgehead atoms. The molecule has 0 amide bonds. The van der Waals surface area contributed by atoms with Crippen molar-refractivity contribution in [3.05, 3.63) is 29.8 Å². The van der Waals surface area contributed by atoms with Gasteiger partial charge < -0.3 is 9.47 Å². The minimum absolute atomic E-state index is 0.162. The number of carbonyl (C=O) groups excluding carboxylic acids is 2. The monoisotopic (exact) mass is 402 g/mol. The van der Waals surface area contributed by atoms with Gasteiger partial charge >= 0.3 is 11.9 Å². The molecule has 1 aromatic carbocycles. The number of rotatable bonds is 5. The molecule has 0 N–H and O–H groups in total. The summed E-state index contributed by atoms with van der Waals surface area (Å²) in [7, 11) is -0.473. The molecule has 1 aliphatic carbocycles. The van der Waals surface area contributed by atoms with Crippen molar-refractivity contribution in [2.75, 3.05) is 7.11 Å². The molecular weight excluding hydrogens is 368 g/mol. The third-order valence-corrected chi connectivity index (χ3v) is 15.7. The Morgan fingerprint density at radius 1 is 1.11 bits per heavy atom. The third kappa shape index (κ3) is 2.69. The predicted octanol–water partition coefficient (Wildman–Crippen LogP) is 5.69. The molecule has 1 saturated carbocycles. The highest BCUT2D eigenvalue weighted by Gasteiger charge is 2.67. The number of ether oxygens (including phenoxy) is 2. The number of hydrogen-bond acceptors (Lipinski definition) is 4. The summed E-state index contributed by atoms with van der Waals surface area (Å²) in [4.78, 5) is 26.3. The Bertz CT molecular complexity index is 748. The van der Waals surface area contributed by atoms with Crippen molar-refractivity contribution >= 4 is 20.0 Å². The van der Waals surface area contributed by atoms with Crippen LogP contribution in [-0.4, -0.2) is 27.1 Å². The molecule has 0 aromatic heterocycles. The van der Waals surface area contributed by atoms with E-state index in [0.29, 0.717) is 34.3 Å². The fourth-order valence-electron chi connectivity index (χ4n) is 7.06. The van der Waals surface area contributed by atoms with Crippen molar-refractivity contribution in [2.45, 2.75) is 82.5 Å². The number of fused-ring (bicyclic) bond motifs is 3. The van der Waals surface area contributed by atoms with Gasteiger partial charge in [0.1, 0.15) is 5.75 Å². The van der Waals surface area contributed by atoms with E-state index in [-0.39, 0.29) is 5.92 Å². The lowest BCUT2D eigenvalue weighted by atomic mass is 9.72. The molecule has 1 heterocycles. The second kappa shape index (κ2) is 7.32. The van der Waals surface area contributed by atoms with Gasteiger partial charge in [-0.25, -0.2) is 0 Å². The smallest absolute Gasteiger partial charge is 0.329 e. The van der Waals surface area contributed by atoms with Gasteiger partial charge in [0.05, 0.1) is 15.2 Å². The molecule has 0 spiro atoms. The van der Waals surface area contributed by atoms with Crippen LogP contribution < -0.4 is 4.74 Å². The molecule has 3 rings (SSSR count). The third-order valence-electron chi connectivity index (χ3n) is 7.80. The van der Waals surface area contributed by atoms with Gasteiger partial charge in [-0.15, -0.1) is 0 Å². The molecule has 2 aliphatic rings. The second-order valence-electron chi connectivity index (χ2n) is 9.54. The maximum Gasteiger partial charge on any atom is 0.329 e. The molecule has 1 aliphatic heterocycles. The zero-order valence-corrected chi connectivity index (χ0v) is 19.2. The van der Waals surface area contributed by atoms with E-state index < -0.39 is 25.4 Å². The van der Waals surface area contributed by atoms with Gasteiger partial charge in [-0.1, -0.05) is 76.4 Å². The van der Waals surface area contributed by atoms with Crippen molar-refractivity contribution < 1.29 is 19.1 Å². The van der Waals surface area contributed by atoms with Crippen molar-refractivity contribution in [1.82, 2.24) is 0 Å². The summed E-state index contributed by atoms with van der Waals surface area (Å²) in [6.45, 7) is 14.0. The van der Waals surface area contributed by atoms with E-state index in [1.807, 2.05) is 24.3 Å². The molecule has 0 saturated heterocycles. The van der Waals surface area contributed by atoms with E-state index in [0.717, 1.165) is 12.0 Å². The van der Waals surface area contributed by atoms with Gasteiger partial charge in [-0.05, 0) is 30.0 Å². The van der Waals surface area contributed by atoms with Crippen molar-refractivity contribution in [1.29, 1.82) is 0 Å². The summed E-state index contributed by atoms with van der Waals surface area (Å²) in [6, 6.07) is 7.68. The van der Waals surface area contributed by atoms with Crippen LogP contribution in [-0.2, 0) is 14.3 Å². The van der Waals surface area contributed by atoms with Gasteiger partial charge in [0.2, 0.25) is 0 Å². The lowest BCUT2D eigenvalue weighted by molar-refractivity contribution is -0.167. The summed E-state index contributed by atoms with van der Waals surface area (Å²) in [6.07, 6.45) is 1.42. The van der Waals surface area contributed by atoms with Gasteiger partial charge in [0.15, 0.2) is 5.41 Å². The normalized spacial score (nSPS) is 27.0. The van der Waals surface area contributed by atoms with Crippen LogP contribution in [0.4, 0.5) is 0 Å². The number of benzene rings is 1. The summed E-state index contributed by atoms with van der Waals surface area (Å²) in [5.74, 6) is -0.419. The predicted molar refractivity (Wildman–Crippen MR) is 113 cm³/mol. The first kappa shape index (κ1) is 21.1. The first-order valence-corrected chi connectivity index (χ1v) is 12.8. The largest absolute Gasteiger partial charge is 0.468 e. The Labute approximate surface area is 170 Å². The van der Waals surface area contributed by atoms with Crippen LogP contribution in [0.15, 0.2) is 24.3 Å². The van der Waals surface area contributed by atoms with Crippen LogP contribution in [0.2, 0.25) is 22.2 Å². The van der Waals surface area contributed by atoms with Crippen molar-refractivity contribution in [3.8, 4) is 5.75 Å². The van der Waals surface area contributed by atoms with E-state index in [1.54, 1.807) is 0 Å². The van der Waals surface area contributed by atoms with E-state index in [2.05, 4.69) is 41.5 Å². The van der Waals surface area contributed by atoms with E-state index in [1.165, 1.54) is 7.11 Å². The van der Waals surface area contributed by atoms with Gasteiger partial charge in [-0.2, -0.15) is 0 Å². The summed E-state index contributed by atoms with van der Waals surface area (Å²) >= 11 is 0. The summed E-state index contributed by atoms with van der Waals surface area (Å²) in [5, 5.41) is 0. The van der Waals surface area contributed by atoms with E-state index >= 15 is 0 Å². The van der Waals surface area contributed by atoms with Crippen LogP contribution in [0.3, 0.4) is 0 Å². The van der Waals surface area contributed by atoms with Crippen LogP contribution in [0.25, 0.3) is 0 Å². The molecule has 5 heteroatoms. The molecule has 0 unspecified atom stereocenters. The highest BCUT2D eigenvalue weighted by Crippen LogP contribution is 2.66. The van der Waals surface area contributed by atoms with Crippen LogP contribution in [0.1, 0.15) is 65.9 Å². The maximum atomic E-state index is 13.2. The fraction of sp³-hybridized carbons (Fsp3) is 0.652. The summed E-state index contributed by atoms with van der Waals surface area (Å²) < 4.78 is 10.9.